The Morgan fingerprint density at radius 2 is 2.08 bits per heavy atom. The van der Waals surface area contributed by atoms with Crippen LogP contribution in [0.25, 0.3) is 0 Å². The van der Waals surface area contributed by atoms with Gasteiger partial charge in [0.05, 0.1) is 18.5 Å². The summed E-state index contributed by atoms with van der Waals surface area (Å²) < 4.78 is -0.226. The molecule has 13 heavy (non-hydrogen) atoms. The predicted molar refractivity (Wildman–Crippen MR) is 44.7 cm³/mol. The molecule has 1 saturated heterocycles. The highest BCUT2D eigenvalue weighted by Crippen LogP contribution is 2.36. The van der Waals surface area contributed by atoms with E-state index in [1.54, 1.807) is 0 Å². The number of carbonyl (C=O) groups is 2. The van der Waals surface area contributed by atoms with Gasteiger partial charge in [0.25, 0.3) is 6.09 Å². The summed E-state index contributed by atoms with van der Waals surface area (Å²) in [6.07, 6.45) is 0.232. The van der Waals surface area contributed by atoms with Crippen LogP contribution in [-0.4, -0.2) is 35.0 Å². The Labute approximate surface area is 77.7 Å². The highest BCUT2D eigenvalue weighted by atomic mass is 16.4. The Hall–Kier alpha value is -0.900. The molecule has 74 valence electrons. The van der Waals surface area contributed by atoms with Crippen molar-refractivity contribution in [1.82, 2.24) is 0 Å². The quantitative estimate of drug-likeness (QED) is 0.424. The van der Waals surface area contributed by atoms with Gasteiger partial charge in [-0.15, -0.1) is 0 Å². The summed E-state index contributed by atoms with van der Waals surface area (Å²) in [6, 6.07) is -0.426. The monoisotopic (exact) mass is 185 g/mol. The molecule has 1 fully saturated rings. The summed E-state index contributed by atoms with van der Waals surface area (Å²) in [6.45, 7) is 5.95. The van der Waals surface area contributed by atoms with Gasteiger partial charge in [-0.25, -0.2) is 0 Å². The molecule has 2 atom stereocenters. The van der Waals surface area contributed by atoms with Crippen molar-refractivity contribution < 1.29 is 19.2 Å². The lowest BCUT2D eigenvalue weighted by molar-refractivity contribution is -0.967. The van der Waals surface area contributed by atoms with Gasteiger partial charge < -0.3 is 9.90 Å². The summed E-state index contributed by atoms with van der Waals surface area (Å²) in [5.74, 6) is 0. The normalized spacial score (nSPS) is 33.6. The van der Waals surface area contributed by atoms with Crippen molar-refractivity contribution in [2.24, 2.45) is 0 Å². The number of hydrogen-bond donors (Lipinski definition) is 0. The molecular formula is C9H15NO3. The highest BCUT2D eigenvalue weighted by molar-refractivity contribution is 5.65. The largest absolute Gasteiger partial charge is 0.498 e. The SMILES string of the molecule is CC(C)(C)[N+]1(C(=O)[O-])CC[C@H]1C=O. The van der Waals surface area contributed by atoms with Crippen LogP contribution in [0.5, 0.6) is 0 Å². The summed E-state index contributed by atoms with van der Waals surface area (Å²) in [7, 11) is 0. The van der Waals surface area contributed by atoms with Crippen molar-refractivity contribution in [2.75, 3.05) is 6.54 Å². The molecule has 1 unspecified atom stereocenters. The second-order valence-electron chi connectivity index (χ2n) is 4.52. The first-order valence-electron chi connectivity index (χ1n) is 4.41. The lowest BCUT2D eigenvalue weighted by Gasteiger charge is -2.57. The van der Waals surface area contributed by atoms with Crippen molar-refractivity contribution in [2.45, 2.75) is 38.8 Å². The Balaban J connectivity index is 3.03. The van der Waals surface area contributed by atoms with Gasteiger partial charge in [0.15, 0.2) is 12.3 Å². The summed E-state index contributed by atoms with van der Waals surface area (Å²) in [5, 5.41) is 11.0. The molecule has 1 heterocycles. The average Bonchev–Trinajstić information content (AvgIpc) is 1.81. The fraction of sp³-hybridized carbons (Fsp3) is 0.778. The Morgan fingerprint density at radius 1 is 1.54 bits per heavy atom. The van der Waals surface area contributed by atoms with Gasteiger partial charge in [-0.05, 0) is 20.8 Å². The van der Waals surface area contributed by atoms with E-state index in [2.05, 4.69) is 0 Å². The molecule has 1 amide bonds. The minimum absolute atomic E-state index is 0.226. The van der Waals surface area contributed by atoms with Crippen LogP contribution in [0.1, 0.15) is 27.2 Å². The van der Waals surface area contributed by atoms with Crippen LogP contribution in [0, 0.1) is 0 Å². The van der Waals surface area contributed by atoms with E-state index in [9.17, 15) is 14.7 Å². The van der Waals surface area contributed by atoms with E-state index in [0.29, 0.717) is 13.0 Å². The third kappa shape index (κ3) is 1.16. The highest BCUT2D eigenvalue weighted by Gasteiger charge is 2.55. The van der Waals surface area contributed by atoms with Crippen LogP contribution in [0.15, 0.2) is 0 Å². The van der Waals surface area contributed by atoms with Gasteiger partial charge in [0.1, 0.15) is 0 Å². The zero-order valence-electron chi connectivity index (χ0n) is 8.24. The standard InChI is InChI=1S/C9H15NO3/c1-9(2,3)10(8(12)13)5-4-7(10)6-11/h6-7H,4-5H2,1-3H3/t7-,10?/m0/s1. The number of nitrogens with zero attached hydrogens (tertiary/aromatic N) is 1. The van der Waals surface area contributed by atoms with Crippen LogP contribution in [0.2, 0.25) is 0 Å². The number of carboxylic acid groups (broad SMARTS) is 1. The minimum atomic E-state index is -1.14. The van der Waals surface area contributed by atoms with E-state index in [0.717, 1.165) is 6.29 Å². The predicted octanol–water partition coefficient (Wildman–Crippen LogP) is -0.0838. The Bertz CT molecular complexity index is 244. The first-order valence-corrected chi connectivity index (χ1v) is 4.41. The summed E-state index contributed by atoms with van der Waals surface area (Å²) >= 11 is 0. The zero-order chi connectivity index (χ0) is 10.3. The lowest BCUT2D eigenvalue weighted by Crippen LogP contribution is -2.78. The van der Waals surface area contributed by atoms with E-state index in [4.69, 9.17) is 0 Å². The first-order chi connectivity index (χ1) is 5.86. The van der Waals surface area contributed by atoms with E-state index < -0.39 is 17.7 Å². The molecule has 0 bridgehead atoms. The van der Waals surface area contributed by atoms with Crippen LogP contribution < -0.4 is 5.11 Å². The Kier molecular flexibility index (Phi) is 2.20. The third-order valence-electron chi connectivity index (χ3n) is 3.02. The number of rotatable bonds is 1. The molecule has 0 spiro atoms. The van der Waals surface area contributed by atoms with E-state index in [1.807, 2.05) is 20.8 Å². The average molecular weight is 185 g/mol. The molecule has 0 radical (unpaired) electrons. The first kappa shape index (κ1) is 10.2. The number of carbonyl (C=O) groups excluding carboxylic acids is 2. The fourth-order valence-electron chi connectivity index (χ4n) is 2.04. The fourth-order valence-corrected chi connectivity index (χ4v) is 2.04. The zero-order valence-corrected chi connectivity index (χ0v) is 8.24. The lowest BCUT2D eigenvalue weighted by atomic mass is 9.89. The van der Waals surface area contributed by atoms with Crippen LogP contribution in [-0.2, 0) is 4.79 Å². The molecule has 4 nitrogen and oxygen atoms in total. The second-order valence-corrected chi connectivity index (χ2v) is 4.52. The summed E-state index contributed by atoms with van der Waals surface area (Å²) in [5.41, 5.74) is -0.470. The number of likely N-dealkylation sites (tertiary alicyclic amines) is 1. The van der Waals surface area contributed by atoms with Crippen molar-refractivity contribution in [3.8, 4) is 0 Å². The van der Waals surface area contributed by atoms with Gasteiger partial charge in [-0.2, -0.15) is 0 Å². The second kappa shape index (κ2) is 2.80. The molecule has 4 heteroatoms. The number of aldehydes is 1. The molecule has 1 rings (SSSR count). The molecule has 0 aromatic heterocycles. The molecule has 0 N–H and O–H groups in total. The molecule has 0 aliphatic carbocycles. The van der Waals surface area contributed by atoms with Crippen LogP contribution >= 0.6 is 0 Å². The van der Waals surface area contributed by atoms with Crippen molar-refractivity contribution in [3.05, 3.63) is 0 Å². The molecule has 0 aromatic rings. The molecule has 1 aliphatic heterocycles. The van der Waals surface area contributed by atoms with E-state index in [-0.39, 0.29) is 4.48 Å². The van der Waals surface area contributed by atoms with Gasteiger partial charge in [-0.1, -0.05) is 0 Å². The van der Waals surface area contributed by atoms with Crippen molar-refractivity contribution in [3.63, 3.8) is 0 Å². The van der Waals surface area contributed by atoms with Crippen LogP contribution in [0.3, 0.4) is 0 Å². The topological polar surface area (TPSA) is 57.2 Å². The molecule has 1 aliphatic rings. The minimum Gasteiger partial charge on any atom is -0.498 e. The third-order valence-corrected chi connectivity index (χ3v) is 3.02. The van der Waals surface area contributed by atoms with Crippen molar-refractivity contribution >= 4 is 12.4 Å². The van der Waals surface area contributed by atoms with E-state index in [1.165, 1.54) is 0 Å². The van der Waals surface area contributed by atoms with Gasteiger partial charge in [0, 0.05) is 0 Å². The smallest absolute Gasteiger partial charge is 0.258 e. The van der Waals surface area contributed by atoms with E-state index >= 15 is 0 Å². The van der Waals surface area contributed by atoms with Gasteiger partial charge >= 0.3 is 0 Å². The molecule has 0 saturated carbocycles. The Morgan fingerprint density at radius 3 is 2.15 bits per heavy atom. The number of hydrogen-bond acceptors (Lipinski definition) is 3. The maximum absolute atomic E-state index is 11.0. The van der Waals surface area contributed by atoms with Crippen molar-refractivity contribution in [1.29, 1.82) is 0 Å². The van der Waals surface area contributed by atoms with Gasteiger partial charge in [-0.3, -0.25) is 9.28 Å². The molecule has 0 aromatic carbocycles. The number of quaternary nitrogens is 1. The maximum Gasteiger partial charge on any atom is 0.258 e. The van der Waals surface area contributed by atoms with Gasteiger partial charge in [0.2, 0.25) is 0 Å². The molecular weight excluding hydrogens is 170 g/mol. The summed E-state index contributed by atoms with van der Waals surface area (Å²) in [4.78, 5) is 21.7. The maximum atomic E-state index is 11.0. The van der Waals surface area contributed by atoms with Crippen LogP contribution in [0.4, 0.5) is 4.79 Å². The number of amides is 1.